The molecule has 0 fully saturated rings. The SMILES string of the molecule is C=Cc1ccc(-c2ccc(C3(c4ccc(F)cc4)c4ccccc4-c4ccc(N(c5ccc6c(c5)C(c5ccc(F)cc5)(c5ccc(-c7ccc(C=C)cc7)cc5)c5ccccc5-6)c5cccc6c5oc5ccccc56)cc43)cc2)cc1. The first kappa shape index (κ1) is 48.7. The average molecular weight is 1060 g/mol. The van der Waals surface area contributed by atoms with Crippen LogP contribution in [-0.4, -0.2) is 0 Å². The number of benzene rings is 12. The predicted molar refractivity (Wildman–Crippen MR) is 334 cm³/mol. The van der Waals surface area contributed by atoms with Crippen molar-refractivity contribution in [1.29, 1.82) is 0 Å². The molecule has 82 heavy (non-hydrogen) atoms. The van der Waals surface area contributed by atoms with Crippen molar-refractivity contribution < 1.29 is 13.2 Å². The van der Waals surface area contributed by atoms with Crippen molar-refractivity contribution in [1.82, 2.24) is 0 Å². The van der Waals surface area contributed by atoms with Crippen molar-refractivity contribution in [3.8, 4) is 44.5 Å². The maximum absolute atomic E-state index is 15.3. The summed E-state index contributed by atoms with van der Waals surface area (Å²) in [7, 11) is 0. The van der Waals surface area contributed by atoms with Gasteiger partial charge in [-0.15, -0.1) is 0 Å². The van der Waals surface area contributed by atoms with E-state index in [1.165, 1.54) is 0 Å². The van der Waals surface area contributed by atoms with E-state index < -0.39 is 10.8 Å². The number of para-hydroxylation sites is 2. The lowest BCUT2D eigenvalue weighted by Crippen LogP contribution is -2.29. The third-order valence-electron chi connectivity index (χ3n) is 17.3. The molecule has 0 spiro atoms. The standard InChI is InChI=1S/C78H51F2NO/c1-3-50-20-24-52(25-21-50)54-28-32-56(33-29-54)77(58-36-40-60(79)41-37-58)70-16-8-5-12-64(70)66-46-44-62(48-72(66)77)81(74-18-11-15-69-68-14-7-10-19-75(68)82-76(69)74)63-45-47-67-65-13-6-9-17-71(65)78(73(67)49-63,59-38-42-61(80)43-39-59)57-34-30-55(31-35-57)53-26-22-51(4-2)23-27-53/h3-49H,1-2H2. The van der Waals surface area contributed by atoms with Crippen molar-refractivity contribution in [3.63, 3.8) is 0 Å². The Hall–Kier alpha value is -10.4. The van der Waals surface area contributed by atoms with Gasteiger partial charge in [-0.05, 0) is 161 Å². The number of nitrogens with zero attached hydrogens (tertiary/aromatic N) is 1. The maximum atomic E-state index is 15.3. The second-order valence-electron chi connectivity index (χ2n) is 21.5. The van der Waals surface area contributed by atoms with Crippen LogP contribution in [0.3, 0.4) is 0 Å². The van der Waals surface area contributed by atoms with Crippen LogP contribution >= 0.6 is 0 Å². The smallest absolute Gasteiger partial charge is 0.159 e. The van der Waals surface area contributed by atoms with E-state index >= 15 is 8.78 Å². The fourth-order valence-electron chi connectivity index (χ4n) is 13.6. The predicted octanol–water partition coefficient (Wildman–Crippen LogP) is 20.7. The third-order valence-corrected chi connectivity index (χ3v) is 17.3. The molecule has 0 aliphatic heterocycles. The molecule has 0 amide bonds. The summed E-state index contributed by atoms with van der Waals surface area (Å²) in [5.41, 5.74) is 21.8. The van der Waals surface area contributed by atoms with Crippen molar-refractivity contribution in [3.05, 3.63) is 353 Å². The van der Waals surface area contributed by atoms with Crippen LogP contribution in [0.2, 0.25) is 0 Å². The van der Waals surface area contributed by atoms with Crippen molar-refractivity contribution in [2.75, 3.05) is 4.90 Å². The number of furan rings is 1. The van der Waals surface area contributed by atoms with Crippen molar-refractivity contribution in [2.45, 2.75) is 10.8 Å². The Kier molecular flexibility index (Phi) is 11.4. The molecular weight excluding hydrogens is 1000 g/mol. The van der Waals surface area contributed by atoms with Gasteiger partial charge in [0.05, 0.1) is 16.5 Å². The molecule has 1 aromatic heterocycles. The topological polar surface area (TPSA) is 16.4 Å². The molecule has 1 heterocycles. The van der Waals surface area contributed by atoms with E-state index in [0.717, 1.165) is 139 Å². The van der Waals surface area contributed by atoms with Crippen LogP contribution in [0.4, 0.5) is 25.8 Å². The second kappa shape index (κ2) is 19.1. The first-order valence-corrected chi connectivity index (χ1v) is 27.7. The number of hydrogen-bond acceptors (Lipinski definition) is 2. The summed E-state index contributed by atoms with van der Waals surface area (Å²) in [4.78, 5) is 2.34. The lowest BCUT2D eigenvalue weighted by atomic mass is 9.67. The summed E-state index contributed by atoms with van der Waals surface area (Å²) >= 11 is 0. The summed E-state index contributed by atoms with van der Waals surface area (Å²) in [6.07, 6.45) is 3.72. The minimum atomic E-state index is -0.866. The Morgan fingerprint density at radius 1 is 0.341 bits per heavy atom. The van der Waals surface area contributed by atoms with Crippen LogP contribution in [-0.2, 0) is 10.8 Å². The van der Waals surface area contributed by atoms with Gasteiger partial charge in [0.2, 0.25) is 0 Å². The fourth-order valence-corrected chi connectivity index (χ4v) is 13.6. The zero-order chi connectivity index (χ0) is 55.1. The molecule has 15 rings (SSSR count). The summed E-state index contributed by atoms with van der Waals surface area (Å²) in [5, 5.41) is 2.03. The van der Waals surface area contributed by atoms with Gasteiger partial charge in [0.25, 0.3) is 0 Å². The Labute approximate surface area is 475 Å². The highest BCUT2D eigenvalue weighted by Gasteiger charge is 2.48. The maximum Gasteiger partial charge on any atom is 0.159 e. The first-order chi connectivity index (χ1) is 40.3. The van der Waals surface area contributed by atoms with Crippen LogP contribution in [0.5, 0.6) is 0 Å². The molecule has 2 aliphatic carbocycles. The van der Waals surface area contributed by atoms with Gasteiger partial charge >= 0.3 is 0 Å². The fraction of sp³-hybridized carbons (Fsp3) is 0.0256. The first-order valence-electron chi connectivity index (χ1n) is 27.7. The zero-order valence-corrected chi connectivity index (χ0v) is 44.7. The van der Waals surface area contributed by atoms with Gasteiger partial charge in [-0.2, -0.15) is 0 Å². The number of anilines is 3. The van der Waals surface area contributed by atoms with Crippen LogP contribution < -0.4 is 4.90 Å². The zero-order valence-electron chi connectivity index (χ0n) is 44.7. The highest BCUT2D eigenvalue weighted by molar-refractivity contribution is 6.10. The lowest BCUT2D eigenvalue weighted by Gasteiger charge is -2.36. The normalized spacial score (nSPS) is 15.6. The highest BCUT2D eigenvalue weighted by atomic mass is 19.1. The number of halogens is 2. The number of fused-ring (bicyclic) bond motifs is 9. The molecule has 13 aromatic rings. The second-order valence-corrected chi connectivity index (χ2v) is 21.5. The Morgan fingerprint density at radius 3 is 1.17 bits per heavy atom. The van der Waals surface area contributed by atoms with Gasteiger partial charge in [-0.25, -0.2) is 8.78 Å². The monoisotopic (exact) mass is 1060 g/mol. The number of rotatable bonds is 11. The summed E-state index contributed by atoms with van der Waals surface area (Å²) in [5.74, 6) is -0.597. The number of hydrogen-bond donors (Lipinski definition) is 0. The van der Waals surface area contributed by atoms with Crippen molar-refractivity contribution >= 4 is 51.2 Å². The molecule has 2 aliphatic rings. The van der Waals surface area contributed by atoms with Gasteiger partial charge < -0.3 is 9.32 Å². The molecule has 0 radical (unpaired) electrons. The minimum Gasteiger partial charge on any atom is -0.454 e. The lowest BCUT2D eigenvalue weighted by molar-refractivity contribution is 0.624. The van der Waals surface area contributed by atoms with Gasteiger partial charge in [-0.1, -0.05) is 238 Å². The molecule has 2 nitrogen and oxygen atoms in total. The van der Waals surface area contributed by atoms with Crippen LogP contribution in [0.1, 0.15) is 55.6 Å². The van der Waals surface area contributed by atoms with E-state index in [4.69, 9.17) is 4.42 Å². The summed E-state index contributed by atoms with van der Waals surface area (Å²) in [6, 6.07) is 94.3. The molecule has 0 N–H and O–H groups in total. The van der Waals surface area contributed by atoms with Gasteiger partial charge in [-0.3, -0.25) is 0 Å². The van der Waals surface area contributed by atoms with Crippen LogP contribution in [0, 0.1) is 11.6 Å². The van der Waals surface area contributed by atoms with Gasteiger partial charge in [0, 0.05) is 22.1 Å². The van der Waals surface area contributed by atoms with E-state index in [1.54, 1.807) is 24.3 Å². The van der Waals surface area contributed by atoms with Crippen LogP contribution in [0.25, 0.3) is 78.6 Å². The Bertz CT molecular complexity index is 4410. The van der Waals surface area contributed by atoms with E-state index in [1.807, 2.05) is 48.6 Å². The summed E-state index contributed by atoms with van der Waals surface area (Å²) < 4.78 is 37.5. The van der Waals surface area contributed by atoms with Gasteiger partial charge in [0.15, 0.2) is 5.58 Å². The van der Waals surface area contributed by atoms with E-state index in [-0.39, 0.29) is 11.6 Å². The third kappa shape index (κ3) is 7.38. The quantitative estimate of drug-likeness (QED) is 0.128. The molecule has 388 valence electrons. The van der Waals surface area contributed by atoms with Crippen LogP contribution in [0.15, 0.2) is 291 Å². The molecule has 12 aromatic carbocycles. The van der Waals surface area contributed by atoms with E-state index in [2.05, 4.69) is 230 Å². The van der Waals surface area contributed by atoms with E-state index in [9.17, 15) is 0 Å². The Morgan fingerprint density at radius 2 is 0.720 bits per heavy atom. The van der Waals surface area contributed by atoms with Crippen molar-refractivity contribution in [2.24, 2.45) is 0 Å². The highest BCUT2D eigenvalue weighted by Crippen LogP contribution is 2.60. The largest absolute Gasteiger partial charge is 0.454 e. The summed E-state index contributed by atoms with van der Waals surface area (Å²) in [6.45, 7) is 7.93. The molecule has 0 bridgehead atoms. The minimum absolute atomic E-state index is 0.299. The molecule has 2 unspecified atom stereocenters. The molecule has 0 saturated carbocycles. The average Bonchev–Trinajstić information content (AvgIpc) is 3.40. The molecular formula is C78H51F2NO. The Balaban J connectivity index is 0.985. The molecule has 2 atom stereocenters. The molecule has 0 saturated heterocycles. The van der Waals surface area contributed by atoms with Gasteiger partial charge in [0.1, 0.15) is 17.2 Å². The van der Waals surface area contributed by atoms with E-state index in [0.29, 0.717) is 0 Å². The molecule has 4 heteroatoms.